The molecule has 1 aromatic rings. The molecule has 0 atom stereocenters. The average Bonchev–Trinajstić information content (AvgIpc) is 2.32. The highest BCUT2D eigenvalue weighted by Crippen LogP contribution is 2.41. The number of benzene rings is 1. The fourth-order valence-electron chi connectivity index (χ4n) is 3.11. The Bertz CT molecular complexity index is 626. The topological polar surface area (TPSA) is 63.6 Å². The van der Waals surface area contributed by atoms with Crippen molar-refractivity contribution in [1.29, 1.82) is 0 Å². The first-order valence-corrected chi connectivity index (χ1v) is 7.20. The van der Waals surface area contributed by atoms with Crippen LogP contribution in [0.15, 0.2) is 0 Å². The van der Waals surface area contributed by atoms with E-state index in [1.807, 2.05) is 27.7 Å². The third-order valence-corrected chi connectivity index (χ3v) is 4.27. The maximum Gasteiger partial charge on any atom is 0.307 e. The van der Waals surface area contributed by atoms with E-state index in [1.165, 1.54) is 6.92 Å². The number of carbonyl (C=O) groups is 2. The van der Waals surface area contributed by atoms with Gasteiger partial charge in [0.15, 0.2) is 5.78 Å². The third-order valence-electron chi connectivity index (χ3n) is 4.27. The number of hydrogen-bond donors (Lipinski definition) is 1. The first-order valence-electron chi connectivity index (χ1n) is 7.20. The van der Waals surface area contributed by atoms with Gasteiger partial charge in [0.1, 0.15) is 11.4 Å². The molecule has 4 nitrogen and oxygen atoms in total. The van der Waals surface area contributed by atoms with Gasteiger partial charge < -0.3 is 9.84 Å². The van der Waals surface area contributed by atoms with E-state index in [4.69, 9.17) is 9.84 Å². The van der Waals surface area contributed by atoms with E-state index in [1.54, 1.807) is 0 Å². The maximum absolute atomic E-state index is 12.1. The Morgan fingerprint density at radius 3 is 2.38 bits per heavy atom. The molecule has 0 unspecified atom stereocenters. The quantitative estimate of drug-likeness (QED) is 0.868. The van der Waals surface area contributed by atoms with Crippen molar-refractivity contribution in [1.82, 2.24) is 0 Å². The van der Waals surface area contributed by atoms with Crippen molar-refractivity contribution in [3.8, 4) is 5.75 Å². The Hall–Kier alpha value is -1.84. The number of hydrogen-bond acceptors (Lipinski definition) is 3. The molecule has 1 aliphatic heterocycles. The molecule has 1 heterocycles. The Labute approximate surface area is 125 Å². The van der Waals surface area contributed by atoms with Gasteiger partial charge in [0, 0.05) is 0 Å². The lowest BCUT2D eigenvalue weighted by Crippen LogP contribution is -2.34. The monoisotopic (exact) mass is 290 g/mol. The van der Waals surface area contributed by atoms with Crippen LogP contribution in [0, 0.1) is 13.8 Å². The van der Waals surface area contributed by atoms with Gasteiger partial charge in [-0.2, -0.15) is 0 Å². The molecule has 1 aliphatic rings. The van der Waals surface area contributed by atoms with Gasteiger partial charge in [-0.1, -0.05) is 0 Å². The summed E-state index contributed by atoms with van der Waals surface area (Å²) in [4.78, 5) is 23.2. The molecule has 0 saturated carbocycles. The van der Waals surface area contributed by atoms with Crippen LogP contribution < -0.4 is 4.74 Å². The number of aliphatic carboxylic acids is 1. The van der Waals surface area contributed by atoms with E-state index in [2.05, 4.69) is 0 Å². The predicted molar refractivity (Wildman–Crippen MR) is 80.3 cm³/mol. The van der Waals surface area contributed by atoms with E-state index in [0.717, 1.165) is 35.1 Å². The van der Waals surface area contributed by atoms with Gasteiger partial charge in [-0.05, 0) is 69.7 Å². The summed E-state index contributed by atoms with van der Waals surface area (Å²) < 4.78 is 6.07. The van der Waals surface area contributed by atoms with Crippen LogP contribution in [-0.2, 0) is 17.6 Å². The van der Waals surface area contributed by atoms with Crippen molar-refractivity contribution >= 4 is 11.8 Å². The molecule has 0 spiro atoms. The van der Waals surface area contributed by atoms with Crippen LogP contribution in [0.1, 0.15) is 59.8 Å². The fourth-order valence-corrected chi connectivity index (χ4v) is 3.11. The largest absolute Gasteiger partial charge is 0.487 e. The molecule has 0 amide bonds. The van der Waals surface area contributed by atoms with Crippen LogP contribution in [0.3, 0.4) is 0 Å². The maximum atomic E-state index is 12.1. The Balaban J connectivity index is 2.74. The highest BCUT2D eigenvalue weighted by molar-refractivity contribution is 5.99. The summed E-state index contributed by atoms with van der Waals surface area (Å²) in [5, 5.41) is 9.12. The summed E-state index contributed by atoms with van der Waals surface area (Å²) in [5.74, 6) is -0.302. The van der Waals surface area contributed by atoms with Gasteiger partial charge >= 0.3 is 5.97 Å². The van der Waals surface area contributed by atoms with Gasteiger partial charge in [0.05, 0.1) is 12.0 Å². The van der Waals surface area contributed by atoms with Crippen molar-refractivity contribution in [2.45, 2.75) is 59.5 Å². The first kappa shape index (κ1) is 15.5. The van der Waals surface area contributed by atoms with Crippen LogP contribution in [-0.4, -0.2) is 22.5 Å². The molecule has 0 bridgehead atoms. The summed E-state index contributed by atoms with van der Waals surface area (Å²) in [5.41, 5.74) is 3.66. The van der Waals surface area contributed by atoms with Crippen molar-refractivity contribution in [2.75, 3.05) is 0 Å². The van der Waals surface area contributed by atoms with Crippen molar-refractivity contribution in [3.05, 3.63) is 27.8 Å². The lowest BCUT2D eigenvalue weighted by Gasteiger charge is -2.35. The van der Waals surface area contributed by atoms with Crippen molar-refractivity contribution in [3.63, 3.8) is 0 Å². The van der Waals surface area contributed by atoms with Crippen LogP contribution in [0.4, 0.5) is 0 Å². The SMILES string of the molecule is CC(=O)c1c(C)c(CC(=O)O)c(C)c2c1OC(C)(C)CC2. The number of fused-ring (bicyclic) bond motifs is 1. The smallest absolute Gasteiger partial charge is 0.307 e. The number of Topliss-reactive ketones (excluding diaryl/α,β-unsaturated/α-hetero) is 1. The number of carboxylic acid groups (broad SMARTS) is 1. The molecular formula is C17H22O4. The molecule has 0 aliphatic carbocycles. The molecule has 1 N–H and O–H groups in total. The number of ether oxygens (including phenoxy) is 1. The number of ketones is 1. The summed E-state index contributed by atoms with van der Waals surface area (Å²) in [6.45, 7) is 9.27. The van der Waals surface area contributed by atoms with Gasteiger partial charge in [-0.3, -0.25) is 9.59 Å². The molecule has 114 valence electrons. The summed E-state index contributed by atoms with van der Waals surface area (Å²) >= 11 is 0. The molecule has 21 heavy (non-hydrogen) atoms. The zero-order valence-electron chi connectivity index (χ0n) is 13.3. The Morgan fingerprint density at radius 2 is 1.86 bits per heavy atom. The van der Waals surface area contributed by atoms with Crippen LogP contribution in [0.5, 0.6) is 5.75 Å². The second-order valence-electron chi connectivity index (χ2n) is 6.40. The van der Waals surface area contributed by atoms with E-state index in [-0.39, 0.29) is 17.8 Å². The molecule has 4 heteroatoms. The van der Waals surface area contributed by atoms with E-state index in [0.29, 0.717) is 11.3 Å². The normalized spacial score (nSPS) is 16.0. The van der Waals surface area contributed by atoms with Crippen LogP contribution >= 0.6 is 0 Å². The minimum Gasteiger partial charge on any atom is -0.487 e. The lowest BCUT2D eigenvalue weighted by molar-refractivity contribution is -0.136. The first-order chi connectivity index (χ1) is 9.64. The molecule has 2 rings (SSSR count). The van der Waals surface area contributed by atoms with Gasteiger partial charge in [-0.15, -0.1) is 0 Å². The van der Waals surface area contributed by atoms with Crippen LogP contribution in [0.25, 0.3) is 0 Å². The fraction of sp³-hybridized carbons (Fsp3) is 0.529. The minimum absolute atomic E-state index is 0.0609. The highest BCUT2D eigenvalue weighted by atomic mass is 16.5. The zero-order valence-corrected chi connectivity index (χ0v) is 13.3. The van der Waals surface area contributed by atoms with E-state index in [9.17, 15) is 9.59 Å². The van der Waals surface area contributed by atoms with Gasteiger partial charge in [-0.25, -0.2) is 0 Å². The van der Waals surface area contributed by atoms with Gasteiger partial charge in [0.25, 0.3) is 0 Å². The molecule has 0 aromatic heterocycles. The second-order valence-corrected chi connectivity index (χ2v) is 6.40. The Kier molecular flexibility index (Phi) is 3.83. The minimum atomic E-state index is -0.882. The van der Waals surface area contributed by atoms with E-state index < -0.39 is 5.97 Å². The molecular weight excluding hydrogens is 268 g/mol. The highest BCUT2D eigenvalue weighted by Gasteiger charge is 2.33. The number of carboxylic acids is 1. The standard InChI is InChI=1S/C17H22O4/c1-9-12-6-7-17(4,5)21-16(12)15(11(3)18)10(2)13(9)8-14(19)20/h6-8H2,1-5H3,(H,19,20). The van der Waals surface area contributed by atoms with Crippen molar-refractivity contribution < 1.29 is 19.4 Å². The summed E-state index contributed by atoms with van der Waals surface area (Å²) in [7, 11) is 0. The summed E-state index contributed by atoms with van der Waals surface area (Å²) in [6, 6.07) is 0. The van der Waals surface area contributed by atoms with Crippen LogP contribution in [0.2, 0.25) is 0 Å². The molecule has 0 radical (unpaired) electrons. The lowest BCUT2D eigenvalue weighted by atomic mass is 9.83. The zero-order chi connectivity index (χ0) is 15.9. The molecule has 0 fully saturated rings. The molecule has 1 aromatic carbocycles. The van der Waals surface area contributed by atoms with E-state index >= 15 is 0 Å². The summed E-state index contributed by atoms with van der Waals surface area (Å²) in [6.07, 6.45) is 1.60. The average molecular weight is 290 g/mol. The van der Waals surface area contributed by atoms with Gasteiger partial charge in [0.2, 0.25) is 0 Å². The number of carbonyl (C=O) groups excluding carboxylic acids is 1. The predicted octanol–water partition coefficient (Wildman–Crippen LogP) is 3.24. The third kappa shape index (κ3) is 2.80. The second kappa shape index (κ2) is 5.17. The number of rotatable bonds is 3. The Morgan fingerprint density at radius 1 is 1.24 bits per heavy atom. The molecule has 0 saturated heterocycles. The van der Waals surface area contributed by atoms with Crippen molar-refractivity contribution in [2.24, 2.45) is 0 Å².